The predicted octanol–water partition coefficient (Wildman–Crippen LogP) is 4.32. The van der Waals surface area contributed by atoms with Gasteiger partial charge in [0.15, 0.2) is 0 Å². The molecule has 0 fully saturated rings. The van der Waals surface area contributed by atoms with Crippen molar-refractivity contribution in [2.24, 2.45) is 0 Å². The Bertz CT molecular complexity index is 1310. The fourth-order valence-electron chi connectivity index (χ4n) is 3.06. The maximum atomic E-state index is 12.7. The molecule has 4 aromatic rings. The monoisotopic (exact) mass is 422 g/mol. The number of carbonyl (C=O) groups is 1. The fraction of sp³-hybridized carbons (Fsp3) is 0.0909. The van der Waals surface area contributed by atoms with Gasteiger partial charge < -0.3 is 0 Å². The first-order chi connectivity index (χ1) is 13.9. The number of sulfonamides is 1. The van der Waals surface area contributed by atoms with Crippen LogP contribution in [-0.4, -0.2) is 19.3 Å². The Labute approximate surface area is 173 Å². The van der Waals surface area contributed by atoms with Gasteiger partial charge in [-0.3, -0.25) is 4.79 Å². The van der Waals surface area contributed by atoms with Gasteiger partial charge in [0, 0.05) is 16.6 Å². The number of amides is 1. The molecule has 1 amide bonds. The van der Waals surface area contributed by atoms with Crippen LogP contribution in [0, 0.1) is 6.92 Å². The minimum absolute atomic E-state index is 0.0184. The number of benzene rings is 3. The molecule has 1 aromatic heterocycles. The van der Waals surface area contributed by atoms with Gasteiger partial charge in [0.1, 0.15) is 5.01 Å². The molecule has 29 heavy (non-hydrogen) atoms. The minimum atomic E-state index is -3.97. The number of thiazole rings is 1. The van der Waals surface area contributed by atoms with Crippen LogP contribution in [-0.2, 0) is 21.2 Å². The van der Waals surface area contributed by atoms with Gasteiger partial charge in [-0.05, 0) is 35.4 Å². The van der Waals surface area contributed by atoms with Crippen molar-refractivity contribution in [3.8, 4) is 10.6 Å². The quantitative estimate of drug-likeness (QED) is 0.520. The second-order valence-corrected chi connectivity index (χ2v) is 9.25. The number of hydrogen-bond donors (Lipinski definition) is 1. The summed E-state index contributed by atoms with van der Waals surface area (Å²) in [5, 5.41) is 4.72. The number of nitrogens with one attached hydrogen (secondary N) is 1. The first-order valence-corrected chi connectivity index (χ1v) is 11.3. The average molecular weight is 423 g/mol. The number of nitrogens with zero attached hydrogens (tertiary/aromatic N) is 1. The molecule has 0 spiro atoms. The van der Waals surface area contributed by atoms with Gasteiger partial charge in [-0.25, -0.2) is 18.1 Å². The lowest BCUT2D eigenvalue weighted by Gasteiger charge is -2.09. The van der Waals surface area contributed by atoms with Gasteiger partial charge in [0.25, 0.3) is 10.0 Å². The van der Waals surface area contributed by atoms with E-state index in [0.29, 0.717) is 5.56 Å². The summed E-state index contributed by atoms with van der Waals surface area (Å²) in [7, 11) is -3.97. The summed E-state index contributed by atoms with van der Waals surface area (Å²) >= 11 is 1.45. The summed E-state index contributed by atoms with van der Waals surface area (Å²) in [5.74, 6) is -0.573. The zero-order valence-electron chi connectivity index (χ0n) is 15.6. The molecule has 0 bridgehead atoms. The lowest BCUT2D eigenvalue weighted by Crippen LogP contribution is -2.31. The van der Waals surface area contributed by atoms with Gasteiger partial charge >= 0.3 is 0 Å². The zero-order chi connectivity index (χ0) is 20.4. The van der Waals surface area contributed by atoms with Crippen molar-refractivity contribution in [1.82, 2.24) is 9.71 Å². The topological polar surface area (TPSA) is 76.1 Å². The van der Waals surface area contributed by atoms with E-state index in [1.807, 2.05) is 54.8 Å². The van der Waals surface area contributed by atoms with Crippen LogP contribution < -0.4 is 4.72 Å². The summed E-state index contributed by atoms with van der Waals surface area (Å²) < 4.78 is 27.5. The molecule has 0 saturated carbocycles. The van der Waals surface area contributed by atoms with Crippen molar-refractivity contribution in [3.63, 3.8) is 0 Å². The van der Waals surface area contributed by atoms with Crippen LogP contribution in [0.5, 0.6) is 0 Å². The van der Waals surface area contributed by atoms with E-state index in [2.05, 4.69) is 9.71 Å². The SMILES string of the molecule is Cc1csc(-c2cccc(S(=O)(=O)NC(=O)Cc3ccc4ccccc4c3)c2)n1. The van der Waals surface area contributed by atoms with Gasteiger partial charge in [-0.15, -0.1) is 11.3 Å². The van der Waals surface area contributed by atoms with Crippen LogP contribution in [0.2, 0.25) is 0 Å². The Morgan fingerprint density at radius 3 is 2.55 bits per heavy atom. The zero-order valence-corrected chi connectivity index (χ0v) is 17.3. The summed E-state index contributed by atoms with van der Waals surface area (Å²) in [6, 6.07) is 19.9. The first kappa shape index (κ1) is 19.3. The minimum Gasteiger partial charge on any atom is -0.274 e. The van der Waals surface area contributed by atoms with Crippen LogP contribution >= 0.6 is 11.3 Å². The maximum Gasteiger partial charge on any atom is 0.264 e. The number of aromatic nitrogens is 1. The second-order valence-electron chi connectivity index (χ2n) is 6.71. The molecule has 1 N–H and O–H groups in total. The van der Waals surface area contributed by atoms with E-state index in [1.165, 1.54) is 23.5 Å². The molecular formula is C22H18N2O3S2. The van der Waals surface area contributed by atoms with Crippen molar-refractivity contribution < 1.29 is 13.2 Å². The third kappa shape index (κ3) is 4.36. The molecule has 0 aliphatic rings. The predicted molar refractivity (Wildman–Crippen MR) is 115 cm³/mol. The lowest BCUT2D eigenvalue weighted by molar-refractivity contribution is -0.118. The number of hydrogen-bond acceptors (Lipinski definition) is 5. The fourth-order valence-corrected chi connectivity index (χ4v) is 4.89. The van der Waals surface area contributed by atoms with Crippen molar-refractivity contribution in [2.75, 3.05) is 0 Å². The molecule has 3 aromatic carbocycles. The lowest BCUT2D eigenvalue weighted by atomic mass is 10.1. The van der Waals surface area contributed by atoms with Gasteiger partial charge in [-0.2, -0.15) is 0 Å². The number of rotatable bonds is 5. The smallest absolute Gasteiger partial charge is 0.264 e. The second kappa shape index (κ2) is 7.77. The normalized spacial score (nSPS) is 11.5. The molecule has 5 nitrogen and oxygen atoms in total. The van der Waals surface area contributed by atoms with E-state index < -0.39 is 15.9 Å². The number of carbonyl (C=O) groups excluding carboxylic acids is 1. The Balaban J connectivity index is 1.52. The first-order valence-electron chi connectivity index (χ1n) is 8.97. The molecule has 0 atom stereocenters. The molecule has 7 heteroatoms. The summed E-state index contributed by atoms with van der Waals surface area (Å²) in [6.07, 6.45) is -0.0184. The van der Waals surface area contributed by atoms with Gasteiger partial charge in [-0.1, -0.05) is 54.6 Å². The number of aryl methyl sites for hydroxylation is 1. The summed E-state index contributed by atoms with van der Waals surface area (Å²) in [4.78, 5) is 16.8. The Hall–Kier alpha value is -3.03. The van der Waals surface area contributed by atoms with E-state index in [0.717, 1.165) is 27.0 Å². The Kier molecular flexibility index (Phi) is 5.17. The standard InChI is InChI=1S/C22H18N2O3S2/c1-15-14-28-22(23-15)19-7-4-8-20(13-19)29(26,27)24-21(25)12-16-9-10-17-5-2-3-6-18(17)11-16/h2-11,13-14H,12H2,1H3,(H,24,25). The summed E-state index contributed by atoms with van der Waals surface area (Å²) in [5.41, 5.74) is 2.33. The van der Waals surface area contributed by atoms with Gasteiger partial charge in [0.05, 0.1) is 11.3 Å². The van der Waals surface area contributed by atoms with Crippen LogP contribution in [0.1, 0.15) is 11.3 Å². The number of fused-ring (bicyclic) bond motifs is 1. The molecule has 146 valence electrons. The van der Waals surface area contributed by atoms with E-state index in [4.69, 9.17) is 0 Å². The van der Waals surface area contributed by atoms with Gasteiger partial charge in [0.2, 0.25) is 5.91 Å². The van der Waals surface area contributed by atoms with Crippen molar-refractivity contribution >= 4 is 38.0 Å². The molecule has 0 saturated heterocycles. The molecule has 0 unspecified atom stereocenters. The highest BCUT2D eigenvalue weighted by Gasteiger charge is 2.19. The Morgan fingerprint density at radius 1 is 1.00 bits per heavy atom. The highest BCUT2D eigenvalue weighted by Crippen LogP contribution is 2.25. The van der Waals surface area contributed by atoms with E-state index in [-0.39, 0.29) is 11.3 Å². The maximum absolute atomic E-state index is 12.7. The van der Waals surface area contributed by atoms with Crippen LogP contribution in [0.15, 0.2) is 77.0 Å². The molecule has 0 aliphatic carbocycles. The van der Waals surface area contributed by atoms with E-state index in [1.54, 1.807) is 12.1 Å². The van der Waals surface area contributed by atoms with Crippen molar-refractivity contribution in [1.29, 1.82) is 0 Å². The average Bonchev–Trinajstić information content (AvgIpc) is 3.14. The molecular weight excluding hydrogens is 404 g/mol. The molecule has 0 aliphatic heterocycles. The Morgan fingerprint density at radius 2 is 1.79 bits per heavy atom. The highest BCUT2D eigenvalue weighted by atomic mass is 32.2. The van der Waals surface area contributed by atoms with E-state index in [9.17, 15) is 13.2 Å². The molecule has 0 radical (unpaired) electrons. The third-order valence-corrected chi connectivity index (χ3v) is 6.82. The largest absolute Gasteiger partial charge is 0.274 e. The van der Waals surface area contributed by atoms with Crippen LogP contribution in [0.3, 0.4) is 0 Å². The summed E-state index contributed by atoms with van der Waals surface area (Å²) in [6.45, 7) is 1.88. The molecule has 4 rings (SSSR count). The van der Waals surface area contributed by atoms with Crippen molar-refractivity contribution in [3.05, 3.63) is 83.4 Å². The van der Waals surface area contributed by atoms with Crippen molar-refractivity contribution in [2.45, 2.75) is 18.2 Å². The van der Waals surface area contributed by atoms with E-state index >= 15 is 0 Å². The third-order valence-electron chi connectivity index (χ3n) is 4.44. The highest BCUT2D eigenvalue weighted by molar-refractivity contribution is 7.90. The van der Waals surface area contributed by atoms with Crippen LogP contribution in [0.25, 0.3) is 21.3 Å². The van der Waals surface area contributed by atoms with Crippen LogP contribution in [0.4, 0.5) is 0 Å². The molecule has 1 heterocycles.